The SMILES string of the molecule is CCCCCC1([SiH2]C2C=CC(c3ccccc3)=C2)C=CC=CC1. The molecule has 1 heteroatoms. The molecule has 120 valence electrons. The maximum atomic E-state index is 2.54. The fraction of sp³-hybridized carbons (Fsp3) is 0.364. The molecule has 0 saturated carbocycles. The van der Waals surface area contributed by atoms with Gasteiger partial charge in [0.25, 0.3) is 0 Å². The van der Waals surface area contributed by atoms with E-state index in [2.05, 4.69) is 79.8 Å². The molecule has 2 atom stereocenters. The van der Waals surface area contributed by atoms with Gasteiger partial charge in [0.2, 0.25) is 0 Å². The molecule has 2 unspecified atom stereocenters. The van der Waals surface area contributed by atoms with Gasteiger partial charge in [-0.25, -0.2) is 0 Å². The van der Waals surface area contributed by atoms with E-state index in [1.165, 1.54) is 43.2 Å². The van der Waals surface area contributed by atoms with E-state index in [1.807, 2.05) is 0 Å². The largest absolute Gasteiger partial charge is 0.0840 e. The van der Waals surface area contributed by atoms with Gasteiger partial charge < -0.3 is 0 Å². The van der Waals surface area contributed by atoms with Crippen molar-refractivity contribution in [3.05, 3.63) is 78.4 Å². The van der Waals surface area contributed by atoms with Crippen LogP contribution in [0.25, 0.3) is 5.57 Å². The minimum Gasteiger partial charge on any atom is -0.0840 e. The molecule has 0 N–H and O–H groups in total. The van der Waals surface area contributed by atoms with Crippen molar-refractivity contribution in [1.82, 2.24) is 0 Å². The summed E-state index contributed by atoms with van der Waals surface area (Å²) in [6, 6.07) is 10.8. The molecule has 0 fully saturated rings. The lowest BCUT2D eigenvalue weighted by atomic mass is 9.93. The van der Waals surface area contributed by atoms with E-state index in [4.69, 9.17) is 0 Å². The van der Waals surface area contributed by atoms with Crippen molar-refractivity contribution >= 4 is 15.1 Å². The standard InChI is InChI=1S/C22H28Si/c1-2-3-8-15-22(16-9-5-10-17-22)23-21-14-13-20(18-21)19-11-6-4-7-12-19/h4-7,9-14,16,18,21H,2-3,8,15,17,23H2,1H3. The third kappa shape index (κ3) is 4.23. The predicted octanol–water partition coefficient (Wildman–Crippen LogP) is 5.85. The third-order valence-electron chi connectivity index (χ3n) is 5.17. The zero-order valence-corrected chi connectivity index (χ0v) is 15.7. The van der Waals surface area contributed by atoms with Crippen LogP contribution in [0.3, 0.4) is 0 Å². The summed E-state index contributed by atoms with van der Waals surface area (Å²) in [4.78, 5) is 0. The van der Waals surface area contributed by atoms with Crippen LogP contribution in [0.1, 0.15) is 44.6 Å². The topological polar surface area (TPSA) is 0 Å². The summed E-state index contributed by atoms with van der Waals surface area (Å²) in [7, 11) is -0.231. The van der Waals surface area contributed by atoms with Crippen molar-refractivity contribution < 1.29 is 0 Å². The number of rotatable bonds is 7. The highest BCUT2D eigenvalue weighted by molar-refractivity contribution is 6.45. The van der Waals surface area contributed by atoms with Gasteiger partial charge >= 0.3 is 0 Å². The molecule has 0 bridgehead atoms. The summed E-state index contributed by atoms with van der Waals surface area (Å²) >= 11 is 0. The lowest BCUT2D eigenvalue weighted by Gasteiger charge is -2.33. The van der Waals surface area contributed by atoms with E-state index >= 15 is 0 Å². The van der Waals surface area contributed by atoms with Crippen molar-refractivity contribution in [3.63, 3.8) is 0 Å². The first-order chi connectivity index (χ1) is 11.3. The first-order valence-electron chi connectivity index (χ1n) is 9.11. The maximum absolute atomic E-state index is 2.54. The van der Waals surface area contributed by atoms with Crippen molar-refractivity contribution in [2.45, 2.75) is 49.6 Å². The molecule has 1 aromatic rings. The molecule has 0 heterocycles. The van der Waals surface area contributed by atoms with Gasteiger partial charge in [-0.3, -0.25) is 0 Å². The third-order valence-corrected chi connectivity index (χ3v) is 7.84. The zero-order valence-electron chi connectivity index (χ0n) is 14.2. The van der Waals surface area contributed by atoms with Crippen molar-refractivity contribution in [2.75, 3.05) is 0 Å². The lowest BCUT2D eigenvalue weighted by Crippen LogP contribution is -2.21. The first-order valence-corrected chi connectivity index (χ1v) is 10.6. The minimum atomic E-state index is -0.231. The summed E-state index contributed by atoms with van der Waals surface area (Å²) in [6.45, 7) is 2.30. The van der Waals surface area contributed by atoms with Crippen molar-refractivity contribution in [3.8, 4) is 0 Å². The lowest BCUT2D eigenvalue weighted by molar-refractivity contribution is 0.552. The predicted molar refractivity (Wildman–Crippen MR) is 106 cm³/mol. The minimum absolute atomic E-state index is 0.231. The van der Waals surface area contributed by atoms with Crippen LogP contribution in [0.5, 0.6) is 0 Å². The molecule has 0 spiro atoms. The Morgan fingerprint density at radius 1 is 1.13 bits per heavy atom. The number of allylic oxidation sites excluding steroid dienone is 8. The Kier molecular flexibility index (Phi) is 5.50. The molecule has 0 nitrogen and oxygen atoms in total. The number of hydrogen-bond donors (Lipinski definition) is 0. The highest BCUT2D eigenvalue weighted by atomic mass is 28.2. The zero-order chi connectivity index (χ0) is 16.0. The summed E-state index contributed by atoms with van der Waals surface area (Å²) in [6.07, 6.45) is 23.5. The highest BCUT2D eigenvalue weighted by Gasteiger charge is 2.30. The smallest absolute Gasteiger partial charge is 0.0447 e. The molecule has 1 aromatic carbocycles. The van der Waals surface area contributed by atoms with Gasteiger partial charge in [-0.15, -0.1) is 0 Å². The Bertz CT molecular complexity index is 621. The second kappa shape index (κ2) is 7.78. The van der Waals surface area contributed by atoms with Gasteiger partial charge in [0, 0.05) is 9.52 Å². The molecule has 0 aromatic heterocycles. The highest BCUT2D eigenvalue weighted by Crippen LogP contribution is 2.44. The van der Waals surface area contributed by atoms with Gasteiger partial charge in [0.05, 0.1) is 0 Å². The van der Waals surface area contributed by atoms with Gasteiger partial charge in [-0.05, 0) is 34.6 Å². The fourth-order valence-corrected chi connectivity index (χ4v) is 6.51. The van der Waals surface area contributed by atoms with E-state index in [-0.39, 0.29) is 9.52 Å². The number of benzene rings is 1. The normalized spacial score (nSPS) is 26.3. The molecule has 2 aliphatic rings. The second-order valence-corrected chi connectivity index (χ2v) is 9.79. The summed E-state index contributed by atoms with van der Waals surface area (Å²) < 4.78 is 0. The quantitative estimate of drug-likeness (QED) is 0.436. The van der Waals surface area contributed by atoms with Crippen LogP contribution in [0.15, 0.2) is 72.9 Å². The Hall–Kier alpha value is -1.60. The molecule has 0 saturated heterocycles. The van der Waals surface area contributed by atoms with Crippen LogP contribution in [0.2, 0.25) is 10.6 Å². The first kappa shape index (κ1) is 16.3. The summed E-state index contributed by atoms with van der Waals surface area (Å²) in [5.41, 5.74) is 3.49. The summed E-state index contributed by atoms with van der Waals surface area (Å²) in [5.74, 6) is 0. The number of unbranched alkanes of at least 4 members (excludes halogenated alkanes) is 2. The Morgan fingerprint density at radius 3 is 2.74 bits per heavy atom. The van der Waals surface area contributed by atoms with Crippen LogP contribution < -0.4 is 0 Å². The van der Waals surface area contributed by atoms with E-state index in [0.29, 0.717) is 10.6 Å². The second-order valence-electron chi connectivity index (χ2n) is 7.03. The molecule has 0 radical (unpaired) electrons. The maximum Gasteiger partial charge on any atom is 0.0447 e. The van der Waals surface area contributed by atoms with Gasteiger partial charge in [0.15, 0.2) is 0 Å². The fourth-order valence-electron chi connectivity index (χ4n) is 3.86. The van der Waals surface area contributed by atoms with E-state index in [0.717, 1.165) is 0 Å². The van der Waals surface area contributed by atoms with Crippen LogP contribution in [0, 0.1) is 0 Å². The average molecular weight is 321 g/mol. The van der Waals surface area contributed by atoms with Crippen LogP contribution in [0.4, 0.5) is 0 Å². The molecule has 2 aliphatic carbocycles. The van der Waals surface area contributed by atoms with E-state index in [1.54, 1.807) is 0 Å². The Morgan fingerprint density at radius 2 is 2.00 bits per heavy atom. The molecular weight excluding hydrogens is 292 g/mol. The number of hydrogen-bond acceptors (Lipinski definition) is 0. The molecule has 23 heavy (non-hydrogen) atoms. The van der Waals surface area contributed by atoms with E-state index < -0.39 is 0 Å². The van der Waals surface area contributed by atoms with Gasteiger partial charge in [0.1, 0.15) is 0 Å². The Labute approximate surface area is 143 Å². The molecule has 0 aliphatic heterocycles. The van der Waals surface area contributed by atoms with Crippen LogP contribution in [-0.2, 0) is 0 Å². The van der Waals surface area contributed by atoms with Gasteiger partial charge in [-0.1, -0.05) is 99.1 Å². The van der Waals surface area contributed by atoms with Crippen LogP contribution >= 0.6 is 0 Å². The van der Waals surface area contributed by atoms with Crippen molar-refractivity contribution in [2.24, 2.45) is 0 Å². The monoisotopic (exact) mass is 320 g/mol. The summed E-state index contributed by atoms with van der Waals surface area (Å²) in [5, 5.41) is 0.502. The molecular formula is C22H28Si. The molecule has 3 rings (SSSR count). The molecule has 0 amide bonds. The van der Waals surface area contributed by atoms with E-state index in [9.17, 15) is 0 Å². The average Bonchev–Trinajstić information content (AvgIpc) is 3.05. The van der Waals surface area contributed by atoms with Crippen molar-refractivity contribution in [1.29, 1.82) is 0 Å². The van der Waals surface area contributed by atoms with Crippen LogP contribution in [-0.4, -0.2) is 9.52 Å². The van der Waals surface area contributed by atoms with Gasteiger partial charge in [-0.2, -0.15) is 0 Å². The Balaban J connectivity index is 1.69.